The highest BCUT2D eigenvalue weighted by Crippen LogP contribution is 2.40. The summed E-state index contributed by atoms with van der Waals surface area (Å²) in [6.45, 7) is 1.97. The molecule has 0 amide bonds. The average Bonchev–Trinajstić information content (AvgIpc) is 2.75. The molecule has 0 fully saturated rings. The molecule has 0 spiro atoms. The van der Waals surface area contributed by atoms with Crippen LogP contribution in [0.5, 0.6) is 5.75 Å². The molecular weight excluding hydrogens is 307 g/mol. The second-order valence-electron chi connectivity index (χ2n) is 3.68. The van der Waals surface area contributed by atoms with Crippen molar-refractivity contribution in [2.45, 2.75) is 6.92 Å². The number of hydrogen-bond acceptors (Lipinski definition) is 4. The van der Waals surface area contributed by atoms with Gasteiger partial charge in [0.05, 0.1) is 21.5 Å². The Morgan fingerprint density at radius 2 is 2.11 bits per heavy atom. The monoisotopic (exact) mass is 316 g/mol. The van der Waals surface area contributed by atoms with Crippen molar-refractivity contribution in [2.75, 3.05) is 6.61 Å². The third-order valence-electron chi connectivity index (χ3n) is 2.44. The Morgan fingerprint density at radius 1 is 1.37 bits per heavy atom. The van der Waals surface area contributed by atoms with Crippen molar-refractivity contribution < 1.29 is 14.6 Å². The summed E-state index contributed by atoms with van der Waals surface area (Å²) >= 11 is 13.0. The maximum absolute atomic E-state index is 11.6. The lowest BCUT2D eigenvalue weighted by Gasteiger charge is -2.03. The van der Waals surface area contributed by atoms with E-state index in [1.165, 1.54) is 11.3 Å². The topological polar surface area (TPSA) is 46.5 Å². The number of thiophene rings is 1. The van der Waals surface area contributed by atoms with Crippen LogP contribution in [-0.2, 0) is 4.74 Å². The van der Waals surface area contributed by atoms with E-state index in [-0.39, 0.29) is 17.9 Å². The summed E-state index contributed by atoms with van der Waals surface area (Å²) < 4.78 is 4.86. The highest BCUT2D eigenvalue weighted by molar-refractivity contribution is 7.14. The highest BCUT2D eigenvalue weighted by Gasteiger charge is 2.19. The third-order valence-corrected chi connectivity index (χ3v) is 4.20. The maximum Gasteiger partial charge on any atom is 0.342 e. The summed E-state index contributed by atoms with van der Waals surface area (Å²) in [6.07, 6.45) is 0. The molecule has 0 bridgehead atoms. The number of halogens is 2. The first-order valence-electron chi connectivity index (χ1n) is 5.47. The van der Waals surface area contributed by atoms with Crippen LogP contribution in [0.3, 0.4) is 0 Å². The minimum absolute atomic E-state index is 0.0955. The fourth-order valence-corrected chi connectivity index (χ4v) is 2.77. The number of benzene rings is 1. The second-order valence-corrected chi connectivity index (χ2v) is 5.37. The van der Waals surface area contributed by atoms with Crippen LogP contribution in [0.15, 0.2) is 23.6 Å². The Balaban J connectivity index is 2.41. The molecule has 1 aromatic heterocycles. The van der Waals surface area contributed by atoms with Crippen LogP contribution in [0.4, 0.5) is 0 Å². The summed E-state index contributed by atoms with van der Waals surface area (Å²) in [5, 5.41) is 12.5. The highest BCUT2D eigenvalue weighted by atomic mass is 35.5. The molecule has 0 saturated carbocycles. The molecule has 0 aliphatic rings. The number of esters is 1. The van der Waals surface area contributed by atoms with Crippen molar-refractivity contribution >= 4 is 40.5 Å². The predicted molar refractivity (Wildman–Crippen MR) is 77.4 cm³/mol. The molecule has 1 aromatic carbocycles. The van der Waals surface area contributed by atoms with Crippen LogP contribution < -0.4 is 0 Å². The smallest absolute Gasteiger partial charge is 0.342 e. The van der Waals surface area contributed by atoms with Crippen molar-refractivity contribution in [3.8, 4) is 16.2 Å². The molecule has 1 heterocycles. The van der Waals surface area contributed by atoms with Gasteiger partial charge in [0.1, 0.15) is 11.3 Å². The van der Waals surface area contributed by atoms with Gasteiger partial charge in [-0.15, -0.1) is 11.3 Å². The molecule has 6 heteroatoms. The quantitative estimate of drug-likeness (QED) is 0.841. The van der Waals surface area contributed by atoms with Crippen molar-refractivity contribution in [2.24, 2.45) is 0 Å². The lowest BCUT2D eigenvalue weighted by molar-refractivity contribution is 0.0524. The summed E-state index contributed by atoms with van der Waals surface area (Å²) in [4.78, 5) is 12.2. The Bertz CT molecular complexity index is 622. The van der Waals surface area contributed by atoms with Gasteiger partial charge in [0, 0.05) is 5.38 Å². The van der Waals surface area contributed by atoms with E-state index in [1.807, 2.05) is 0 Å². The summed E-state index contributed by atoms with van der Waals surface area (Å²) in [6, 6.07) is 5.02. The van der Waals surface area contributed by atoms with E-state index in [0.717, 1.165) is 0 Å². The lowest BCUT2D eigenvalue weighted by Crippen LogP contribution is -2.03. The van der Waals surface area contributed by atoms with Gasteiger partial charge >= 0.3 is 5.97 Å². The number of hydrogen-bond donors (Lipinski definition) is 1. The standard InChI is InChI=1S/C13H10Cl2O3S/c1-2-18-13(17)8-6-19-12(11(8)16)7-3-4-9(14)10(15)5-7/h3-6,16H,2H2,1H3. The Kier molecular flexibility index (Phi) is 4.34. The second kappa shape index (κ2) is 5.82. The van der Waals surface area contributed by atoms with E-state index in [0.29, 0.717) is 20.5 Å². The number of ether oxygens (including phenoxy) is 1. The largest absolute Gasteiger partial charge is 0.506 e. The molecule has 0 saturated heterocycles. The first-order valence-corrected chi connectivity index (χ1v) is 7.11. The molecule has 0 aliphatic carbocycles. The Hall–Kier alpha value is -1.23. The average molecular weight is 317 g/mol. The van der Waals surface area contributed by atoms with E-state index in [2.05, 4.69) is 0 Å². The normalized spacial score (nSPS) is 10.5. The van der Waals surface area contributed by atoms with Gasteiger partial charge in [-0.25, -0.2) is 4.79 Å². The van der Waals surface area contributed by atoms with Crippen LogP contribution in [0.1, 0.15) is 17.3 Å². The zero-order chi connectivity index (χ0) is 14.0. The molecule has 0 atom stereocenters. The first-order chi connectivity index (χ1) is 9.04. The van der Waals surface area contributed by atoms with Gasteiger partial charge in [-0.2, -0.15) is 0 Å². The van der Waals surface area contributed by atoms with Gasteiger partial charge < -0.3 is 9.84 Å². The molecule has 100 valence electrons. The molecule has 0 aliphatic heterocycles. The number of carbonyl (C=O) groups excluding carboxylic acids is 1. The van der Waals surface area contributed by atoms with Gasteiger partial charge in [0.25, 0.3) is 0 Å². The zero-order valence-electron chi connectivity index (χ0n) is 9.94. The van der Waals surface area contributed by atoms with Crippen LogP contribution in [-0.4, -0.2) is 17.7 Å². The predicted octanol–water partition coefficient (Wildman–Crippen LogP) is 4.60. The van der Waals surface area contributed by atoms with Crippen LogP contribution in [0.2, 0.25) is 10.0 Å². The molecule has 1 N–H and O–H groups in total. The van der Waals surface area contributed by atoms with E-state index in [1.54, 1.807) is 30.5 Å². The van der Waals surface area contributed by atoms with Gasteiger partial charge in [-0.05, 0) is 24.6 Å². The van der Waals surface area contributed by atoms with E-state index in [9.17, 15) is 9.90 Å². The molecule has 2 rings (SSSR count). The summed E-state index contributed by atoms with van der Waals surface area (Å²) in [5.41, 5.74) is 0.861. The zero-order valence-corrected chi connectivity index (χ0v) is 12.3. The van der Waals surface area contributed by atoms with Crippen molar-refractivity contribution in [3.05, 3.63) is 39.2 Å². The van der Waals surface area contributed by atoms with Crippen LogP contribution >= 0.6 is 34.5 Å². The maximum atomic E-state index is 11.6. The summed E-state index contributed by atoms with van der Waals surface area (Å²) in [7, 11) is 0. The van der Waals surface area contributed by atoms with Crippen LogP contribution in [0.25, 0.3) is 10.4 Å². The Morgan fingerprint density at radius 3 is 2.74 bits per heavy atom. The van der Waals surface area contributed by atoms with E-state index >= 15 is 0 Å². The molecule has 2 aromatic rings. The van der Waals surface area contributed by atoms with Gasteiger partial charge in [0.15, 0.2) is 0 Å². The minimum atomic E-state index is -0.539. The number of rotatable bonds is 3. The first kappa shape index (κ1) is 14.2. The number of carbonyl (C=O) groups is 1. The third kappa shape index (κ3) is 2.86. The minimum Gasteiger partial charge on any atom is -0.506 e. The summed E-state index contributed by atoms with van der Waals surface area (Å²) in [5.74, 6) is -0.635. The van der Waals surface area contributed by atoms with Crippen molar-refractivity contribution in [1.29, 1.82) is 0 Å². The van der Waals surface area contributed by atoms with E-state index < -0.39 is 5.97 Å². The van der Waals surface area contributed by atoms with Gasteiger partial charge in [0.2, 0.25) is 0 Å². The number of aromatic hydroxyl groups is 1. The van der Waals surface area contributed by atoms with Crippen LogP contribution in [0, 0.1) is 0 Å². The molecule has 0 radical (unpaired) electrons. The SMILES string of the molecule is CCOC(=O)c1csc(-c2ccc(Cl)c(Cl)c2)c1O. The fourth-order valence-electron chi connectivity index (χ4n) is 1.55. The molecule has 19 heavy (non-hydrogen) atoms. The fraction of sp³-hybridized carbons (Fsp3) is 0.154. The molecular formula is C13H10Cl2O3S. The molecule has 0 unspecified atom stereocenters. The lowest BCUT2D eigenvalue weighted by atomic mass is 10.1. The molecule has 3 nitrogen and oxygen atoms in total. The van der Waals surface area contributed by atoms with Crippen molar-refractivity contribution in [1.82, 2.24) is 0 Å². The Labute approximate surface area is 124 Å². The van der Waals surface area contributed by atoms with Crippen molar-refractivity contribution in [3.63, 3.8) is 0 Å². The van der Waals surface area contributed by atoms with Gasteiger partial charge in [-0.3, -0.25) is 0 Å². The van der Waals surface area contributed by atoms with Gasteiger partial charge in [-0.1, -0.05) is 29.3 Å². The van der Waals surface area contributed by atoms with E-state index in [4.69, 9.17) is 27.9 Å².